The standard InChI is InChI=1S/C13H21N3O2S/c17-11(8-10-4-2-1-3-5-10)15-9-12(18)16-13-14-6-7-19-13/h10H,1-9H2,(H,15,17)(H,14,16,18). The monoisotopic (exact) mass is 283 g/mol. The molecule has 2 rings (SSSR count). The number of amidine groups is 1. The molecule has 0 aromatic rings. The van der Waals surface area contributed by atoms with E-state index in [-0.39, 0.29) is 18.4 Å². The van der Waals surface area contributed by atoms with Gasteiger partial charge in [0.1, 0.15) is 0 Å². The Labute approximate surface area is 118 Å². The first-order chi connectivity index (χ1) is 9.24. The Balaban J connectivity index is 1.61. The summed E-state index contributed by atoms with van der Waals surface area (Å²) in [5.74, 6) is 1.23. The molecule has 106 valence electrons. The highest BCUT2D eigenvalue weighted by atomic mass is 32.2. The predicted molar refractivity (Wildman–Crippen MR) is 77.1 cm³/mol. The Morgan fingerprint density at radius 3 is 2.68 bits per heavy atom. The van der Waals surface area contributed by atoms with Crippen LogP contribution in [-0.4, -0.2) is 35.8 Å². The molecule has 19 heavy (non-hydrogen) atoms. The first kappa shape index (κ1) is 14.4. The normalized spacial score (nSPS) is 19.9. The van der Waals surface area contributed by atoms with E-state index in [1.807, 2.05) is 0 Å². The van der Waals surface area contributed by atoms with Gasteiger partial charge in [-0.15, -0.1) is 0 Å². The quantitative estimate of drug-likeness (QED) is 0.817. The molecule has 2 aliphatic rings. The summed E-state index contributed by atoms with van der Waals surface area (Å²) in [5, 5.41) is 6.06. The molecule has 1 fully saturated rings. The Morgan fingerprint density at radius 1 is 1.21 bits per heavy atom. The van der Waals surface area contributed by atoms with Gasteiger partial charge in [-0.3, -0.25) is 14.6 Å². The molecule has 2 N–H and O–H groups in total. The van der Waals surface area contributed by atoms with Crippen molar-refractivity contribution >= 4 is 28.7 Å². The number of nitrogens with zero attached hydrogens (tertiary/aromatic N) is 1. The molecule has 1 aliphatic heterocycles. The van der Waals surface area contributed by atoms with Gasteiger partial charge in [-0.25, -0.2) is 0 Å². The van der Waals surface area contributed by atoms with Gasteiger partial charge in [-0.1, -0.05) is 31.0 Å². The highest BCUT2D eigenvalue weighted by molar-refractivity contribution is 8.14. The first-order valence-electron chi connectivity index (χ1n) is 6.98. The Bertz CT molecular complexity index is 365. The fraction of sp³-hybridized carbons (Fsp3) is 0.769. The van der Waals surface area contributed by atoms with Crippen LogP contribution in [0, 0.1) is 5.92 Å². The molecule has 0 spiro atoms. The number of hydrogen-bond donors (Lipinski definition) is 2. The van der Waals surface area contributed by atoms with Crippen molar-refractivity contribution in [2.75, 3.05) is 18.8 Å². The van der Waals surface area contributed by atoms with Crippen molar-refractivity contribution in [3.63, 3.8) is 0 Å². The zero-order valence-electron chi connectivity index (χ0n) is 11.1. The Kier molecular flexibility index (Phi) is 5.69. The van der Waals surface area contributed by atoms with Crippen molar-refractivity contribution in [1.29, 1.82) is 0 Å². The molecule has 5 nitrogen and oxygen atoms in total. The van der Waals surface area contributed by atoms with Gasteiger partial charge in [-0.05, 0) is 18.8 Å². The Morgan fingerprint density at radius 2 is 2.00 bits per heavy atom. The van der Waals surface area contributed by atoms with E-state index >= 15 is 0 Å². The zero-order valence-corrected chi connectivity index (χ0v) is 11.9. The minimum atomic E-state index is -0.190. The molecule has 0 aromatic heterocycles. The average molecular weight is 283 g/mol. The van der Waals surface area contributed by atoms with Crippen molar-refractivity contribution < 1.29 is 9.59 Å². The van der Waals surface area contributed by atoms with Crippen LogP contribution in [0.5, 0.6) is 0 Å². The zero-order chi connectivity index (χ0) is 13.5. The summed E-state index contributed by atoms with van der Waals surface area (Å²) in [7, 11) is 0. The lowest BCUT2D eigenvalue weighted by atomic mass is 9.87. The van der Waals surface area contributed by atoms with Crippen LogP contribution in [0.1, 0.15) is 38.5 Å². The number of nitrogens with one attached hydrogen (secondary N) is 2. The van der Waals surface area contributed by atoms with Crippen molar-refractivity contribution in [3.8, 4) is 0 Å². The van der Waals surface area contributed by atoms with E-state index in [4.69, 9.17) is 0 Å². The number of thioether (sulfide) groups is 1. The third kappa shape index (κ3) is 5.22. The van der Waals surface area contributed by atoms with Gasteiger partial charge in [0.2, 0.25) is 11.8 Å². The van der Waals surface area contributed by atoms with Crippen LogP contribution >= 0.6 is 11.8 Å². The lowest BCUT2D eigenvalue weighted by Crippen LogP contribution is -2.39. The third-order valence-electron chi connectivity index (χ3n) is 3.48. The summed E-state index contributed by atoms with van der Waals surface area (Å²) in [6.45, 7) is 0.805. The minimum Gasteiger partial charge on any atom is -0.347 e. The predicted octanol–water partition coefficient (Wildman–Crippen LogP) is 1.29. The van der Waals surface area contributed by atoms with E-state index in [0.717, 1.165) is 25.1 Å². The van der Waals surface area contributed by atoms with Crippen LogP contribution in [0.25, 0.3) is 0 Å². The van der Waals surface area contributed by atoms with Crippen molar-refractivity contribution in [1.82, 2.24) is 10.6 Å². The smallest absolute Gasteiger partial charge is 0.245 e. The maximum absolute atomic E-state index is 11.7. The molecule has 0 unspecified atom stereocenters. The molecule has 2 amide bonds. The topological polar surface area (TPSA) is 70.6 Å². The van der Waals surface area contributed by atoms with Crippen LogP contribution in [0.3, 0.4) is 0 Å². The SMILES string of the molecule is O=C(CC1CCCCC1)NCC(=O)NC1=NCCS1. The molecule has 0 aromatic carbocycles. The van der Waals surface area contributed by atoms with Gasteiger partial charge < -0.3 is 10.6 Å². The number of aliphatic imine (C=N–C) groups is 1. The molecule has 0 atom stereocenters. The van der Waals surface area contributed by atoms with Crippen molar-refractivity contribution in [2.45, 2.75) is 38.5 Å². The molecule has 6 heteroatoms. The number of amides is 2. The minimum absolute atomic E-state index is 0.0111. The van der Waals surface area contributed by atoms with Gasteiger partial charge in [0, 0.05) is 12.2 Å². The van der Waals surface area contributed by atoms with Gasteiger partial charge in [0.15, 0.2) is 5.17 Å². The van der Waals surface area contributed by atoms with Crippen LogP contribution in [0.2, 0.25) is 0 Å². The summed E-state index contributed by atoms with van der Waals surface area (Å²) in [4.78, 5) is 27.4. The average Bonchev–Trinajstić information content (AvgIpc) is 2.90. The summed E-state index contributed by atoms with van der Waals surface area (Å²) < 4.78 is 0. The van der Waals surface area contributed by atoms with Crippen molar-refractivity contribution in [2.24, 2.45) is 10.9 Å². The number of carbonyl (C=O) groups excluding carboxylic acids is 2. The van der Waals surface area contributed by atoms with E-state index in [9.17, 15) is 9.59 Å². The fourth-order valence-electron chi connectivity index (χ4n) is 2.48. The van der Waals surface area contributed by atoms with Crippen LogP contribution in [0.15, 0.2) is 4.99 Å². The van der Waals surface area contributed by atoms with Crippen LogP contribution in [-0.2, 0) is 9.59 Å². The number of hydrogen-bond acceptors (Lipinski definition) is 4. The third-order valence-corrected chi connectivity index (χ3v) is 4.37. The number of carbonyl (C=O) groups is 2. The fourth-order valence-corrected chi connectivity index (χ4v) is 3.22. The molecule has 1 aliphatic carbocycles. The van der Waals surface area contributed by atoms with E-state index < -0.39 is 0 Å². The largest absolute Gasteiger partial charge is 0.347 e. The first-order valence-corrected chi connectivity index (χ1v) is 7.96. The lowest BCUT2D eigenvalue weighted by Gasteiger charge is -2.20. The van der Waals surface area contributed by atoms with Crippen LogP contribution in [0.4, 0.5) is 0 Å². The maximum atomic E-state index is 11.7. The van der Waals surface area contributed by atoms with Crippen LogP contribution < -0.4 is 10.6 Å². The molecule has 0 radical (unpaired) electrons. The maximum Gasteiger partial charge on any atom is 0.245 e. The molecular weight excluding hydrogens is 262 g/mol. The molecular formula is C13H21N3O2S. The van der Waals surface area contributed by atoms with Gasteiger partial charge in [-0.2, -0.15) is 0 Å². The van der Waals surface area contributed by atoms with Gasteiger partial charge >= 0.3 is 0 Å². The van der Waals surface area contributed by atoms with Crippen molar-refractivity contribution in [3.05, 3.63) is 0 Å². The van der Waals surface area contributed by atoms with E-state index in [0.29, 0.717) is 17.5 Å². The lowest BCUT2D eigenvalue weighted by molar-refractivity contribution is -0.126. The summed E-state index contributed by atoms with van der Waals surface area (Å²) >= 11 is 1.54. The second-order valence-electron chi connectivity index (χ2n) is 5.07. The summed E-state index contributed by atoms with van der Waals surface area (Å²) in [5.41, 5.74) is 0. The molecule has 0 bridgehead atoms. The van der Waals surface area contributed by atoms with Gasteiger partial charge in [0.25, 0.3) is 0 Å². The summed E-state index contributed by atoms with van der Waals surface area (Å²) in [6, 6.07) is 0. The molecule has 1 saturated carbocycles. The van der Waals surface area contributed by atoms with E-state index in [2.05, 4.69) is 15.6 Å². The van der Waals surface area contributed by atoms with Gasteiger partial charge in [0.05, 0.1) is 13.1 Å². The van der Waals surface area contributed by atoms with E-state index in [1.54, 1.807) is 0 Å². The second kappa shape index (κ2) is 7.53. The Hall–Kier alpha value is -1.04. The second-order valence-corrected chi connectivity index (χ2v) is 6.15. The van der Waals surface area contributed by atoms with E-state index in [1.165, 1.54) is 31.0 Å². The molecule has 0 saturated heterocycles. The highest BCUT2D eigenvalue weighted by Gasteiger charge is 2.17. The summed E-state index contributed by atoms with van der Waals surface area (Å²) in [6.07, 6.45) is 6.61. The number of rotatable bonds is 4. The highest BCUT2D eigenvalue weighted by Crippen LogP contribution is 2.25. The molecule has 1 heterocycles.